The molecular weight excluding hydrogens is 434 g/mol. The van der Waals surface area contributed by atoms with Gasteiger partial charge in [0.2, 0.25) is 0 Å². The number of aliphatic imine (C=N–C) groups is 1. The van der Waals surface area contributed by atoms with Crippen molar-refractivity contribution < 1.29 is 13.5 Å². The van der Waals surface area contributed by atoms with Crippen molar-refractivity contribution in [1.82, 2.24) is 15.0 Å². The molecule has 1 unspecified atom stereocenters. The van der Waals surface area contributed by atoms with Gasteiger partial charge in [-0.2, -0.15) is 4.99 Å². The van der Waals surface area contributed by atoms with Crippen LogP contribution in [0.15, 0.2) is 74.2 Å². The van der Waals surface area contributed by atoms with Gasteiger partial charge in [0.15, 0.2) is 25.0 Å². The van der Waals surface area contributed by atoms with Crippen LogP contribution in [-0.2, 0) is 6.54 Å². The van der Waals surface area contributed by atoms with Crippen molar-refractivity contribution in [2.24, 2.45) is 15.8 Å². The van der Waals surface area contributed by atoms with Gasteiger partial charge in [-0.05, 0) is 37.1 Å². The predicted molar refractivity (Wildman–Crippen MR) is 126 cm³/mol. The van der Waals surface area contributed by atoms with E-state index >= 15 is 0 Å². The van der Waals surface area contributed by atoms with Gasteiger partial charge in [0.25, 0.3) is 5.84 Å². The lowest BCUT2D eigenvalue weighted by molar-refractivity contribution is -0.695. The number of fused-ring (bicyclic) bond motifs is 2. The number of amidine groups is 1. The van der Waals surface area contributed by atoms with Crippen molar-refractivity contribution in [3.8, 4) is 0 Å². The van der Waals surface area contributed by atoms with Crippen LogP contribution in [0.5, 0.6) is 0 Å². The number of hydroxylamine groups is 3. The normalized spacial score (nSPS) is 20.0. The van der Waals surface area contributed by atoms with E-state index in [0.29, 0.717) is 34.9 Å². The zero-order valence-corrected chi connectivity index (χ0v) is 18.6. The monoisotopic (exact) mass is 455 g/mol. The third-order valence-corrected chi connectivity index (χ3v) is 6.14. The van der Waals surface area contributed by atoms with Crippen LogP contribution < -0.4 is 5.73 Å². The van der Waals surface area contributed by atoms with Crippen LogP contribution in [0.1, 0.15) is 28.1 Å². The molecule has 0 spiro atoms. The van der Waals surface area contributed by atoms with E-state index in [1.807, 2.05) is 56.3 Å². The SMILES string of the molecule is Cc1ocnc1CN1C[N+]2([O-])C(N)=NC(c3ccccc3)=C(c3cc(C)c4ncoc4c3)C2=N1. The number of rotatable bonds is 4. The zero-order valence-electron chi connectivity index (χ0n) is 18.6. The number of aryl methyl sites for hydroxylation is 2. The highest BCUT2D eigenvalue weighted by Crippen LogP contribution is 2.40. The molecule has 4 aromatic rings. The van der Waals surface area contributed by atoms with Crippen molar-refractivity contribution in [2.75, 3.05) is 6.67 Å². The number of guanidine groups is 1. The summed E-state index contributed by atoms with van der Waals surface area (Å²) in [7, 11) is 0. The maximum absolute atomic E-state index is 14.1. The number of oxazole rings is 2. The van der Waals surface area contributed by atoms with Crippen LogP contribution in [0.4, 0.5) is 0 Å². The molecule has 34 heavy (non-hydrogen) atoms. The fourth-order valence-electron chi connectivity index (χ4n) is 4.40. The van der Waals surface area contributed by atoms with Gasteiger partial charge in [-0.1, -0.05) is 30.3 Å². The lowest BCUT2D eigenvalue weighted by Gasteiger charge is -2.39. The van der Waals surface area contributed by atoms with Gasteiger partial charge in [-0.25, -0.2) is 19.6 Å². The summed E-state index contributed by atoms with van der Waals surface area (Å²) in [5, 5.41) is 20.5. The van der Waals surface area contributed by atoms with Gasteiger partial charge in [0.1, 0.15) is 17.0 Å². The second-order valence-electron chi connectivity index (χ2n) is 8.38. The van der Waals surface area contributed by atoms with E-state index in [9.17, 15) is 5.21 Å². The van der Waals surface area contributed by atoms with Crippen molar-refractivity contribution in [1.29, 1.82) is 0 Å². The van der Waals surface area contributed by atoms with Crippen molar-refractivity contribution in [3.05, 3.63) is 88.6 Å². The molecule has 170 valence electrons. The third kappa shape index (κ3) is 3.04. The molecule has 0 aliphatic carbocycles. The molecule has 0 amide bonds. The zero-order chi connectivity index (χ0) is 23.4. The Kier molecular flexibility index (Phi) is 4.41. The van der Waals surface area contributed by atoms with Crippen LogP contribution in [0, 0.1) is 19.1 Å². The van der Waals surface area contributed by atoms with E-state index in [1.165, 1.54) is 12.8 Å². The number of aromatic nitrogens is 2. The Hall–Kier alpha value is -4.28. The van der Waals surface area contributed by atoms with Gasteiger partial charge in [0.05, 0.1) is 17.8 Å². The second kappa shape index (κ2) is 7.37. The Morgan fingerprint density at radius 1 is 1.06 bits per heavy atom. The minimum absolute atomic E-state index is 0.0218. The summed E-state index contributed by atoms with van der Waals surface area (Å²) in [6, 6.07) is 13.5. The van der Waals surface area contributed by atoms with Crippen molar-refractivity contribution >= 4 is 34.2 Å². The number of hydrogen-bond acceptors (Lipinski definition) is 9. The number of quaternary nitrogens is 1. The number of benzene rings is 2. The van der Waals surface area contributed by atoms with Crippen LogP contribution in [0.3, 0.4) is 0 Å². The molecule has 0 bridgehead atoms. The van der Waals surface area contributed by atoms with E-state index in [2.05, 4.69) is 15.0 Å². The fraction of sp³-hybridized carbons (Fsp3) is 0.167. The lowest BCUT2D eigenvalue weighted by Crippen LogP contribution is -2.57. The molecule has 4 heterocycles. The largest absolute Gasteiger partial charge is 0.617 e. The molecule has 2 aliphatic rings. The van der Waals surface area contributed by atoms with E-state index in [4.69, 9.17) is 19.7 Å². The Morgan fingerprint density at radius 3 is 2.62 bits per heavy atom. The van der Waals surface area contributed by atoms with Gasteiger partial charge >= 0.3 is 5.96 Å². The molecule has 0 radical (unpaired) electrons. The summed E-state index contributed by atoms with van der Waals surface area (Å²) in [5.41, 5.74) is 12.1. The summed E-state index contributed by atoms with van der Waals surface area (Å²) >= 11 is 0. The maximum Gasteiger partial charge on any atom is 0.308 e. The Labute approximate surface area is 194 Å². The molecule has 2 aliphatic heterocycles. The van der Waals surface area contributed by atoms with E-state index in [0.717, 1.165) is 22.2 Å². The van der Waals surface area contributed by atoms with E-state index < -0.39 is 4.65 Å². The van der Waals surface area contributed by atoms with Crippen LogP contribution in [0.2, 0.25) is 0 Å². The maximum atomic E-state index is 14.1. The Morgan fingerprint density at radius 2 is 1.85 bits per heavy atom. The predicted octanol–water partition coefficient (Wildman–Crippen LogP) is 3.73. The third-order valence-electron chi connectivity index (χ3n) is 6.14. The first-order valence-corrected chi connectivity index (χ1v) is 10.8. The molecule has 0 saturated carbocycles. The molecule has 10 nitrogen and oxygen atoms in total. The minimum atomic E-state index is -0.976. The van der Waals surface area contributed by atoms with Crippen LogP contribution >= 0.6 is 0 Å². The first-order chi connectivity index (χ1) is 16.4. The molecule has 2 aromatic heterocycles. The topological polar surface area (TPSA) is 129 Å². The van der Waals surface area contributed by atoms with Gasteiger partial charge in [-0.15, -0.1) is 5.10 Å². The fourth-order valence-corrected chi connectivity index (χ4v) is 4.40. The minimum Gasteiger partial charge on any atom is -0.617 e. The van der Waals surface area contributed by atoms with Gasteiger partial charge < -0.3 is 19.8 Å². The first kappa shape index (κ1) is 20.3. The average Bonchev–Trinajstić information content (AvgIpc) is 3.54. The number of nitrogens with two attached hydrogens (primary N) is 1. The molecule has 6 rings (SSSR count). The summed E-state index contributed by atoms with van der Waals surface area (Å²) in [6.45, 7) is 4.07. The Balaban J connectivity index is 1.57. The summed E-state index contributed by atoms with van der Waals surface area (Å²) in [5.74, 6) is 0.875. The standard InChI is InChI=1S/C24H21N7O3/c1-14-8-17(9-19-21(14)27-12-34-19)20-22(16-6-4-3-5-7-16)28-24(25)31(32)13-30(29-23(20)31)10-18-15(2)33-11-26-18/h3-9,11-12H,10,13H2,1-2H3,(H2,25,28). The van der Waals surface area contributed by atoms with Gasteiger partial charge in [0, 0.05) is 5.56 Å². The second-order valence-corrected chi connectivity index (χ2v) is 8.38. The van der Waals surface area contributed by atoms with Crippen molar-refractivity contribution in [2.45, 2.75) is 20.4 Å². The van der Waals surface area contributed by atoms with E-state index in [1.54, 1.807) is 5.01 Å². The molecule has 0 saturated heterocycles. The molecule has 10 heteroatoms. The van der Waals surface area contributed by atoms with E-state index in [-0.39, 0.29) is 18.5 Å². The number of hydrazone groups is 1. The quantitative estimate of drug-likeness (QED) is 0.367. The highest BCUT2D eigenvalue weighted by atomic mass is 16.6. The van der Waals surface area contributed by atoms with Gasteiger partial charge in [-0.3, -0.25) is 0 Å². The Bertz CT molecular complexity index is 1520. The van der Waals surface area contributed by atoms with Crippen molar-refractivity contribution in [3.63, 3.8) is 0 Å². The highest BCUT2D eigenvalue weighted by Gasteiger charge is 2.46. The summed E-state index contributed by atoms with van der Waals surface area (Å²) in [6.07, 6.45) is 2.79. The first-order valence-electron chi connectivity index (χ1n) is 10.8. The summed E-state index contributed by atoms with van der Waals surface area (Å²) in [4.78, 5) is 13.1. The average molecular weight is 455 g/mol. The molecule has 1 atom stereocenters. The lowest BCUT2D eigenvalue weighted by atomic mass is 9.95. The van der Waals surface area contributed by atoms with Crippen LogP contribution in [0.25, 0.3) is 22.4 Å². The molecule has 0 fully saturated rings. The molecule has 2 N–H and O–H groups in total. The number of nitrogens with zero attached hydrogens (tertiary/aromatic N) is 6. The highest BCUT2D eigenvalue weighted by molar-refractivity contribution is 6.31. The molecular formula is C24H21N7O3. The molecule has 2 aromatic carbocycles. The van der Waals surface area contributed by atoms with Crippen LogP contribution in [-0.4, -0.2) is 38.1 Å². The number of hydrogen-bond donors (Lipinski definition) is 1. The summed E-state index contributed by atoms with van der Waals surface area (Å²) < 4.78 is 9.92. The smallest absolute Gasteiger partial charge is 0.308 e.